The molecule has 2 aromatic carbocycles. The number of carbonyl (C=O) groups is 1. The van der Waals surface area contributed by atoms with Crippen molar-refractivity contribution in [3.8, 4) is 16.9 Å². The maximum atomic E-state index is 11.5. The van der Waals surface area contributed by atoms with Crippen LogP contribution in [0.25, 0.3) is 11.1 Å². The van der Waals surface area contributed by atoms with Crippen LogP contribution in [-0.4, -0.2) is 35.0 Å². The van der Waals surface area contributed by atoms with Gasteiger partial charge in [0.25, 0.3) is 5.91 Å². The number of ether oxygens (including phenoxy) is 1. The average molecular weight is 360 g/mol. The molecule has 26 heavy (non-hydrogen) atoms. The predicted octanol–water partition coefficient (Wildman–Crippen LogP) is 2.73. The van der Waals surface area contributed by atoms with Gasteiger partial charge in [0.1, 0.15) is 11.8 Å². The highest BCUT2D eigenvalue weighted by Crippen LogP contribution is 2.23. The van der Waals surface area contributed by atoms with Gasteiger partial charge in [-0.1, -0.05) is 43.8 Å². The summed E-state index contributed by atoms with van der Waals surface area (Å²) in [5.41, 5.74) is 4.68. The molecule has 0 aliphatic carbocycles. The summed E-state index contributed by atoms with van der Waals surface area (Å²) in [6, 6.07) is 14.9. The first-order valence-electron chi connectivity index (χ1n) is 8.22. The molecule has 0 saturated heterocycles. The van der Waals surface area contributed by atoms with Gasteiger partial charge in [0, 0.05) is 6.54 Å². The molecule has 142 valence electrons. The number of hydrogen-bond acceptors (Lipinski definition) is 5. The van der Waals surface area contributed by atoms with Crippen molar-refractivity contribution >= 4 is 5.91 Å². The van der Waals surface area contributed by atoms with Crippen molar-refractivity contribution < 1.29 is 19.8 Å². The van der Waals surface area contributed by atoms with Gasteiger partial charge in [0.05, 0.1) is 12.7 Å². The van der Waals surface area contributed by atoms with Crippen LogP contribution in [0.5, 0.6) is 5.75 Å². The Balaban J connectivity index is 0.00000338. The predicted molar refractivity (Wildman–Crippen MR) is 102 cm³/mol. The van der Waals surface area contributed by atoms with E-state index >= 15 is 0 Å². The van der Waals surface area contributed by atoms with Crippen LogP contribution in [-0.2, 0) is 11.3 Å². The zero-order valence-electron chi connectivity index (χ0n) is 14.4. The number of benzene rings is 2. The first-order valence-corrected chi connectivity index (χ1v) is 8.22. The first-order chi connectivity index (χ1) is 12.0. The molecule has 4 N–H and O–H groups in total. The summed E-state index contributed by atoms with van der Waals surface area (Å²) in [7, 11) is 0. The molecule has 0 unspecified atom stereocenters. The van der Waals surface area contributed by atoms with E-state index < -0.39 is 18.1 Å². The average Bonchev–Trinajstić information content (AvgIpc) is 2.63. The Morgan fingerprint density at radius 2 is 1.62 bits per heavy atom. The number of nitrogens with one attached hydrogen (secondary N) is 2. The standard InChI is InChI=1S/C19H24N2O4.CH4/c1-3-25-17-10-8-16(9-11-17)15-6-4-14(5-7-15)12-20-18(13(2)22)19(23)21-24;/h4-11,13,18,20,22,24H,3,12H2,1-2H3,(H,21,23);1H4/t13-,18+;/m1./s1. The molecule has 0 aliphatic rings. The molecule has 0 spiro atoms. The van der Waals surface area contributed by atoms with Gasteiger partial charge in [-0.2, -0.15) is 0 Å². The molecular weight excluding hydrogens is 332 g/mol. The third-order valence-electron chi connectivity index (χ3n) is 3.85. The van der Waals surface area contributed by atoms with Crippen molar-refractivity contribution in [1.29, 1.82) is 0 Å². The molecule has 0 aliphatic heterocycles. The van der Waals surface area contributed by atoms with Crippen molar-refractivity contribution in [3.05, 3.63) is 54.1 Å². The third-order valence-corrected chi connectivity index (χ3v) is 3.85. The quantitative estimate of drug-likeness (QED) is 0.429. The highest BCUT2D eigenvalue weighted by atomic mass is 16.5. The van der Waals surface area contributed by atoms with Gasteiger partial charge in [0.2, 0.25) is 0 Å². The fraction of sp³-hybridized carbons (Fsp3) is 0.350. The van der Waals surface area contributed by atoms with Gasteiger partial charge in [-0.15, -0.1) is 0 Å². The summed E-state index contributed by atoms with van der Waals surface area (Å²) in [6.07, 6.45) is -0.921. The van der Waals surface area contributed by atoms with E-state index in [4.69, 9.17) is 9.94 Å². The molecule has 0 aromatic heterocycles. The fourth-order valence-electron chi connectivity index (χ4n) is 2.51. The lowest BCUT2D eigenvalue weighted by atomic mass is 10.0. The minimum Gasteiger partial charge on any atom is -0.494 e. The van der Waals surface area contributed by atoms with Gasteiger partial charge in [-0.25, -0.2) is 5.48 Å². The molecular formula is C20H28N2O4. The molecule has 2 atom stereocenters. The van der Waals surface area contributed by atoms with E-state index in [1.165, 1.54) is 6.92 Å². The topological polar surface area (TPSA) is 90.8 Å². The van der Waals surface area contributed by atoms with Crippen LogP contribution in [0.1, 0.15) is 26.8 Å². The lowest BCUT2D eigenvalue weighted by Gasteiger charge is -2.19. The second kappa shape index (κ2) is 10.6. The number of rotatable bonds is 8. The Morgan fingerprint density at radius 1 is 1.08 bits per heavy atom. The van der Waals surface area contributed by atoms with Crippen LogP contribution >= 0.6 is 0 Å². The molecule has 0 heterocycles. The molecule has 2 aromatic rings. The molecule has 6 nitrogen and oxygen atoms in total. The second-order valence-electron chi connectivity index (χ2n) is 5.73. The molecule has 0 bridgehead atoms. The van der Waals surface area contributed by atoms with E-state index in [0.717, 1.165) is 22.4 Å². The molecule has 0 radical (unpaired) electrons. The van der Waals surface area contributed by atoms with E-state index in [1.807, 2.05) is 55.5 Å². The van der Waals surface area contributed by atoms with Crippen molar-refractivity contribution in [2.45, 2.75) is 40.0 Å². The van der Waals surface area contributed by atoms with E-state index in [0.29, 0.717) is 13.2 Å². The van der Waals surface area contributed by atoms with Gasteiger partial charge < -0.3 is 9.84 Å². The molecule has 0 fully saturated rings. The van der Waals surface area contributed by atoms with Crippen LogP contribution in [0.4, 0.5) is 0 Å². The SMILES string of the molecule is C.CCOc1ccc(-c2ccc(CN[C@H](C(=O)NO)[C@@H](C)O)cc2)cc1. The highest BCUT2D eigenvalue weighted by Gasteiger charge is 2.22. The molecule has 6 heteroatoms. The summed E-state index contributed by atoms with van der Waals surface area (Å²) in [4.78, 5) is 11.5. The number of hydroxylamine groups is 1. The molecule has 1 amide bonds. The maximum Gasteiger partial charge on any atom is 0.263 e. The Bertz CT molecular complexity index is 669. The van der Waals surface area contributed by atoms with E-state index in [-0.39, 0.29) is 7.43 Å². The van der Waals surface area contributed by atoms with Crippen molar-refractivity contribution in [2.24, 2.45) is 0 Å². The Hall–Kier alpha value is -2.41. The van der Waals surface area contributed by atoms with Crippen LogP contribution in [0.3, 0.4) is 0 Å². The van der Waals surface area contributed by atoms with E-state index in [2.05, 4.69) is 5.32 Å². The maximum absolute atomic E-state index is 11.5. The van der Waals surface area contributed by atoms with Gasteiger partial charge in [-0.05, 0) is 42.7 Å². The zero-order chi connectivity index (χ0) is 18.2. The molecule has 0 saturated carbocycles. The Morgan fingerprint density at radius 3 is 2.08 bits per heavy atom. The number of amides is 1. The van der Waals surface area contributed by atoms with Crippen LogP contribution in [0.15, 0.2) is 48.5 Å². The van der Waals surface area contributed by atoms with Crippen molar-refractivity contribution in [1.82, 2.24) is 10.8 Å². The van der Waals surface area contributed by atoms with Gasteiger partial charge in [0.15, 0.2) is 0 Å². The Kier molecular flexibility index (Phi) is 8.78. The minimum atomic E-state index is -0.921. The Labute approximate surface area is 154 Å². The summed E-state index contributed by atoms with van der Waals surface area (Å²) in [6.45, 7) is 4.48. The van der Waals surface area contributed by atoms with Crippen LogP contribution < -0.4 is 15.5 Å². The summed E-state index contributed by atoms with van der Waals surface area (Å²) >= 11 is 0. The van der Waals surface area contributed by atoms with Gasteiger partial charge in [-0.3, -0.25) is 15.3 Å². The minimum absolute atomic E-state index is 0. The summed E-state index contributed by atoms with van der Waals surface area (Å²) < 4.78 is 5.44. The molecule has 2 rings (SSSR count). The number of aliphatic hydroxyl groups is 1. The smallest absolute Gasteiger partial charge is 0.263 e. The number of carbonyl (C=O) groups excluding carboxylic acids is 1. The normalized spacial score (nSPS) is 12.6. The van der Waals surface area contributed by atoms with Crippen LogP contribution in [0, 0.1) is 0 Å². The van der Waals surface area contributed by atoms with Crippen LogP contribution in [0.2, 0.25) is 0 Å². The monoisotopic (exact) mass is 360 g/mol. The first kappa shape index (κ1) is 21.6. The largest absolute Gasteiger partial charge is 0.494 e. The fourth-order valence-corrected chi connectivity index (χ4v) is 2.51. The third kappa shape index (κ3) is 5.84. The summed E-state index contributed by atoms with van der Waals surface area (Å²) in [5.74, 6) is 0.180. The number of aliphatic hydroxyl groups excluding tert-OH is 1. The number of hydrogen-bond donors (Lipinski definition) is 4. The highest BCUT2D eigenvalue weighted by molar-refractivity contribution is 5.81. The van der Waals surface area contributed by atoms with Crippen molar-refractivity contribution in [2.75, 3.05) is 6.61 Å². The summed E-state index contributed by atoms with van der Waals surface area (Å²) in [5, 5.41) is 21.2. The second-order valence-corrected chi connectivity index (χ2v) is 5.73. The van der Waals surface area contributed by atoms with E-state index in [9.17, 15) is 9.90 Å². The van der Waals surface area contributed by atoms with Gasteiger partial charge >= 0.3 is 0 Å². The zero-order valence-corrected chi connectivity index (χ0v) is 14.4. The lowest BCUT2D eigenvalue weighted by Crippen LogP contribution is -2.49. The van der Waals surface area contributed by atoms with Crippen molar-refractivity contribution in [3.63, 3.8) is 0 Å². The van der Waals surface area contributed by atoms with E-state index in [1.54, 1.807) is 5.48 Å². The lowest BCUT2D eigenvalue weighted by molar-refractivity contribution is -0.134.